The molecule has 0 saturated heterocycles. The number of hydrogen-bond acceptors (Lipinski definition) is 9. The van der Waals surface area contributed by atoms with Crippen molar-refractivity contribution in [1.82, 2.24) is 0 Å². The third-order valence-corrected chi connectivity index (χ3v) is 4.65. The molecular formula is C24H28N6O4. The molecule has 0 atom stereocenters. The second-order valence-corrected chi connectivity index (χ2v) is 7.91. The fraction of sp³-hybridized carbons (Fsp3) is 0.417. The number of hydrogen-bond donors (Lipinski definition) is 0. The molecule has 0 aliphatic carbocycles. The molecule has 34 heavy (non-hydrogen) atoms. The molecule has 10 heteroatoms. The van der Waals surface area contributed by atoms with E-state index in [-0.39, 0.29) is 34.7 Å². The van der Waals surface area contributed by atoms with Crippen LogP contribution in [0.4, 0.5) is 22.7 Å². The predicted molar refractivity (Wildman–Crippen MR) is 128 cm³/mol. The largest absolute Gasteiger partial charge is 0.377 e. The predicted octanol–water partition coefficient (Wildman–Crippen LogP) is 5.41. The Morgan fingerprint density at radius 2 is 1.44 bits per heavy atom. The SMILES string of the molecule is CC(C)OCCN(CCOC(C)C)c1ccc(N=Nc2c(C#N)cc([N+](=O)[O-])cc2C#N)cc1. The molecule has 0 N–H and O–H groups in total. The molecule has 0 fully saturated rings. The number of benzene rings is 2. The number of non-ortho nitro benzene ring substituents is 1. The lowest BCUT2D eigenvalue weighted by Crippen LogP contribution is -2.32. The van der Waals surface area contributed by atoms with Gasteiger partial charge in [-0.2, -0.15) is 15.6 Å². The lowest BCUT2D eigenvalue weighted by atomic mass is 10.1. The first kappa shape index (κ1) is 26.4. The summed E-state index contributed by atoms with van der Waals surface area (Å²) in [6.07, 6.45) is 0.292. The summed E-state index contributed by atoms with van der Waals surface area (Å²) in [5.74, 6) is 0. The Morgan fingerprint density at radius 1 is 0.941 bits per heavy atom. The van der Waals surface area contributed by atoms with Gasteiger partial charge in [0.15, 0.2) is 0 Å². The second kappa shape index (κ2) is 13.0. The number of anilines is 1. The molecule has 0 spiro atoms. The molecule has 0 heterocycles. The van der Waals surface area contributed by atoms with Gasteiger partial charge < -0.3 is 14.4 Å². The minimum absolute atomic E-state index is 0.00188. The number of nitro groups is 1. The molecule has 0 aliphatic heterocycles. The molecule has 2 aromatic rings. The van der Waals surface area contributed by atoms with E-state index in [0.717, 1.165) is 17.8 Å². The zero-order valence-electron chi connectivity index (χ0n) is 19.8. The van der Waals surface area contributed by atoms with Crippen molar-refractivity contribution in [3.8, 4) is 12.1 Å². The standard InChI is InChI=1S/C24H28N6O4/c1-17(2)33-11-9-29(10-12-34-18(3)4)22-7-5-21(6-8-22)27-28-24-19(15-25)13-23(30(31)32)14-20(24)16-26/h5-8,13-14,17-18H,9-12H2,1-4H3. The summed E-state index contributed by atoms with van der Waals surface area (Å²) in [7, 11) is 0. The van der Waals surface area contributed by atoms with Crippen LogP contribution in [-0.2, 0) is 9.47 Å². The van der Waals surface area contributed by atoms with Gasteiger partial charge in [-0.15, -0.1) is 5.11 Å². The summed E-state index contributed by atoms with van der Waals surface area (Å²) in [6, 6.07) is 13.2. The van der Waals surface area contributed by atoms with Crippen LogP contribution in [0.25, 0.3) is 0 Å². The van der Waals surface area contributed by atoms with Crippen molar-refractivity contribution < 1.29 is 14.4 Å². The zero-order valence-corrected chi connectivity index (χ0v) is 19.8. The van der Waals surface area contributed by atoms with Crippen molar-refractivity contribution in [3.63, 3.8) is 0 Å². The fourth-order valence-electron chi connectivity index (χ4n) is 3.01. The van der Waals surface area contributed by atoms with Gasteiger partial charge in [-0.05, 0) is 52.0 Å². The molecule has 0 bridgehead atoms. The molecule has 0 unspecified atom stereocenters. The van der Waals surface area contributed by atoms with Gasteiger partial charge in [0.05, 0.1) is 47.2 Å². The molecule has 0 amide bonds. The van der Waals surface area contributed by atoms with Crippen LogP contribution in [-0.4, -0.2) is 43.4 Å². The Bertz CT molecular complexity index is 1040. The van der Waals surface area contributed by atoms with Gasteiger partial charge in [-0.3, -0.25) is 10.1 Å². The van der Waals surface area contributed by atoms with E-state index in [2.05, 4.69) is 15.1 Å². The fourth-order valence-corrected chi connectivity index (χ4v) is 3.01. The molecule has 0 saturated carbocycles. The van der Waals surface area contributed by atoms with Crippen LogP contribution in [0.5, 0.6) is 0 Å². The van der Waals surface area contributed by atoms with Crippen LogP contribution in [0.1, 0.15) is 38.8 Å². The Kier molecular flexibility index (Phi) is 10.1. The Balaban J connectivity index is 2.22. The first-order valence-electron chi connectivity index (χ1n) is 10.9. The highest BCUT2D eigenvalue weighted by atomic mass is 16.6. The van der Waals surface area contributed by atoms with E-state index < -0.39 is 4.92 Å². The molecule has 0 aliphatic rings. The van der Waals surface area contributed by atoms with E-state index in [4.69, 9.17) is 9.47 Å². The van der Waals surface area contributed by atoms with Crippen LogP contribution in [0.2, 0.25) is 0 Å². The van der Waals surface area contributed by atoms with E-state index in [1.807, 2.05) is 52.0 Å². The van der Waals surface area contributed by atoms with Crippen LogP contribution in [0.3, 0.4) is 0 Å². The third-order valence-electron chi connectivity index (χ3n) is 4.65. The number of rotatable bonds is 12. The smallest absolute Gasteiger partial charge is 0.272 e. The molecule has 10 nitrogen and oxygen atoms in total. The van der Waals surface area contributed by atoms with E-state index >= 15 is 0 Å². The Hall–Kier alpha value is -3.86. The van der Waals surface area contributed by atoms with Crippen molar-refractivity contribution in [2.24, 2.45) is 10.2 Å². The minimum atomic E-state index is -0.661. The van der Waals surface area contributed by atoms with Gasteiger partial charge in [-0.25, -0.2) is 0 Å². The van der Waals surface area contributed by atoms with Gasteiger partial charge in [0.2, 0.25) is 0 Å². The van der Waals surface area contributed by atoms with Gasteiger partial charge in [0, 0.05) is 30.9 Å². The van der Waals surface area contributed by atoms with E-state index in [9.17, 15) is 20.6 Å². The number of ether oxygens (including phenoxy) is 2. The second-order valence-electron chi connectivity index (χ2n) is 7.91. The maximum absolute atomic E-state index is 11.0. The maximum atomic E-state index is 11.0. The zero-order chi connectivity index (χ0) is 25.1. The van der Waals surface area contributed by atoms with Crippen molar-refractivity contribution in [1.29, 1.82) is 10.5 Å². The van der Waals surface area contributed by atoms with E-state index in [0.29, 0.717) is 32.0 Å². The van der Waals surface area contributed by atoms with Crippen molar-refractivity contribution in [2.75, 3.05) is 31.2 Å². The van der Waals surface area contributed by atoms with Gasteiger partial charge >= 0.3 is 0 Å². The highest BCUT2D eigenvalue weighted by Gasteiger charge is 2.17. The summed E-state index contributed by atoms with van der Waals surface area (Å²) in [5, 5.41) is 37.9. The van der Waals surface area contributed by atoms with Crippen molar-refractivity contribution in [3.05, 3.63) is 57.6 Å². The molecule has 178 valence electrons. The quantitative estimate of drug-likeness (QED) is 0.232. The van der Waals surface area contributed by atoms with Crippen LogP contribution >= 0.6 is 0 Å². The highest BCUT2D eigenvalue weighted by Crippen LogP contribution is 2.31. The van der Waals surface area contributed by atoms with Gasteiger partial charge in [0.1, 0.15) is 17.8 Å². The molecule has 2 rings (SSSR count). The third kappa shape index (κ3) is 7.93. The number of azo groups is 1. The van der Waals surface area contributed by atoms with Crippen LogP contribution in [0.15, 0.2) is 46.6 Å². The van der Waals surface area contributed by atoms with Crippen LogP contribution < -0.4 is 4.90 Å². The van der Waals surface area contributed by atoms with Crippen molar-refractivity contribution >= 4 is 22.7 Å². The Labute approximate surface area is 199 Å². The average Bonchev–Trinajstić information content (AvgIpc) is 2.81. The molecule has 2 aromatic carbocycles. The summed E-state index contributed by atoms with van der Waals surface area (Å²) in [4.78, 5) is 12.5. The number of nitriles is 2. The summed E-state index contributed by atoms with van der Waals surface area (Å²) in [6.45, 7) is 10.5. The summed E-state index contributed by atoms with van der Waals surface area (Å²) >= 11 is 0. The van der Waals surface area contributed by atoms with Crippen LogP contribution in [0, 0.1) is 32.8 Å². The van der Waals surface area contributed by atoms with E-state index in [1.165, 1.54) is 0 Å². The van der Waals surface area contributed by atoms with Gasteiger partial charge in [0.25, 0.3) is 5.69 Å². The van der Waals surface area contributed by atoms with Crippen molar-refractivity contribution in [2.45, 2.75) is 39.9 Å². The first-order chi connectivity index (χ1) is 16.2. The molecule has 0 aromatic heterocycles. The first-order valence-corrected chi connectivity index (χ1v) is 10.9. The number of nitro benzene ring substituents is 1. The average molecular weight is 465 g/mol. The van der Waals surface area contributed by atoms with Gasteiger partial charge in [-0.1, -0.05) is 0 Å². The minimum Gasteiger partial charge on any atom is -0.377 e. The summed E-state index contributed by atoms with van der Waals surface area (Å²) in [5.41, 5.74) is 0.939. The normalized spacial score (nSPS) is 11.1. The van der Waals surface area contributed by atoms with E-state index in [1.54, 1.807) is 12.1 Å². The monoisotopic (exact) mass is 464 g/mol. The maximum Gasteiger partial charge on any atom is 0.272 e. The lowest BCUT2D eigenvalue weighted by Gasteiger charge is -2.25. The Morgan fingerprint density at radius 3 is 1.85 bits per heavy atom. The number of nitrogens with zero attached hydrogens (tertiary/aromatic N) is 6. The lowest BCUT2D eigenvalue weighted by molar-refractivity contribution is -0.384. The molecule has 0 radical (unpaired) electrons. The topological polar surface area (TPSA) is 137 Å². The summed E-state index contributed by atoms with van der Waals surface area (Å²) < 4.78 is 11.4. The molecular weight excluding hydrogens is 436 g/mol. The highest BCUT2D eigenvalue weighted by molar-refractivity contribution is 5.67.